The zero-order valence-electron chi connectivity index (χ0n) is 9.03. The Kier molecular flexibility index (Phi) is 2.73. The summed E-state index contributed by atoms with van der Waals surface area (Å²) in [5, 5.41) is 7.30. The molecule has 0 saturated carbocycles. The second kappa shape index (κ2) is 4.03. The maximum absolute atomic E-state index is 7.30. The average Bonchev–Trinajstić information content (AvgIpc) is 2.59. The molecule has 0 aromatic heterocycles. The van der Waals surface area contributed by atoms with Crippen LogP contribution in [0.3, 0.4) is 0 Å². The van der Waals surface area contributed by atoms with Crippen LogP contribution in [0.4, 0.5) is 0 Å². The normalized spacial score (nSPS) is 17.4. The van der Waals surface area contributed by atoms with Crippen LogP contribution in [-0.2, 0) is 13.1 Å². The van der Waals surface area contributed by atoms with Crippen LogP contribution in [0, 0.1) is 5.41 Å². The molecule has 0 amide bonds. The van der Waals surface area contributed by atoms with E-state index in [1.807, 2.05) is 0 Å². The number of nitrogens with one attached hydrogen (secondary N) is 1. The Morgan fingerprint density at radius 2 is 1.93 bits per heavy atom. The molecular weight excluding hydrogens is 186 g/mol. The molecule has 3 N–H and O–H groups in total. The van der Waals surface area contributed by atoms with Gasteiger partial charge in [-0.3, -0.25) is 10.3 Å². The molecule has 2 rings (SSSR count). The van der Waals surface area contributed by atoms with E-state index >= 15 is 0 Å². The van der Waals surface area contributed by atoms with Gasteiger partial charge in [0.15, 0.2) is 0 Å². The molecule has 0 saturated heterocycles. The standard InChI is InChI=1S/C12H17N3/c1-9(6-12(13)14)15-7-10-4-2-3-5-11(10)8-15/h2-5,9H,6-8H2,1H3,(H3,13,14). The van der Waals surface area contributed by atoms with Gasteiger partial charge >= 0.3 is 0 Å². The molecule has 0 bridgehead atoms. The number of hydrogen-bond donors (Lipinski definition) is 2. The summed E-state index contributed by atoms with van der Waals surface area (Å²) in [6, 6.07) is 8.87. The lowest BCUT2D eigenvalue weighted by molar-refractivity contribution is 0.217. The van der Waals surface area contributed by atoms with Gasteiger partial charge in [-0.1, -0.05) is 24.3 Å². The summed E-state index contributed by atoms with van der Waals surface area (Å²) in [5.74, 6) is 0.276. The van der Waals surface area contributed by atoms with E-state index in [1.54, 1.807) is 0 Å². The molecule has 1 aliphatic rings. The van der Waals surface area contributed by atoms with Crippen LogP contribution in [0.15, 0.2) is 24.3 Å². The second-order valence-corrected chi connectivity index (χ2v) is 4.25. The van der Waals surface area contributed by atoms with Crippen LogP contribution in [-0.4, -0.2) is 16.8 Å². The average molecular weight is 203 g/mol. The molecule has 80 valence electrons. The second-order valence-electron chi connectivity index (χ2n) is 4.25. The minimum atomic E-state index is 0.276. The van der Waals surface area contributed by atoms with Crippen molar-refractivity contribution in [1.82, 2.24) is 4.90 Å². The number of rotatable bonds is 3. The van der Waals surface area contributed by atoms with Gasteiger partial charge in [0, 0.05) is 25.6 Å². The maximum atomic E-state index is 7.30. The highest BCUT2D eigenvalue weighted by molar-refractivity contribution is 5.77. The van der Waals surface area contributed by atoms with Gasteiger partial charge < -0.3 is 5.73 Å². The number of hydrogen-bond acceptors (Lipinski definition) is 2. The Hall–Kier alpha value is -1.35. The molecule has 0 fully saturated rings. The lowest BCUT2D eigenvalue weighted by Crippen LogP contribution is -2.31. The SMILES string of the molecule is CC(CC(=N)N)N1Cc2ccccc2C1. The summed E-state index contributed by atoms with van der Waals surface area (Å²) in [5.41, 5.74) is 8.24. The molecule has 1 aromatic rings. The molecule has 0 aliphatic carbocycles. The van der Waals surface area contributed by atoms with Crippen LogP contribution in [0.5, 0.6) is 0 Å². The van der Waals surface area contributed by atoms with Crippen molar-refractivity contribution in [2.75, 3.05) is 0 Å². The van der Waals surface area contributed by atoms with E-state index in [2.05, 4.69) is 36.1 Å². The minimum Gasteiger partial charge on any atom is -0.388 e. The highest BCUT2D eigenvalue weighted by Gasteiger charge is 2.22. The van der Waals surface area contributed by atoms with Crippen LogP contribution < -0.4 is 5.73 Å². The zero-order valence-corrected chi connectivity index (χ0v) is 9.03. The molecule has 3 nitrogen and oxygen atoms in total. The Morgan fingerprint density at radius 3 is 2.40 bits per heavy atom. The smallest absolute Gasteiger partial charge is 0.0920 e. The molecule has 3 heteroatoms. The predicted molar refractivity (Wildman–Crippen MR) is 61.7 cm³/mol. The first-order valence-corrected chi connectivity index (χ1v) is 5.30. The Bertz CT molecular complexity index is 348. The van der Waals surface area contributed by atoms with Crippen LogP contribution in [0.25, 0.3) is 0 Å². The lowest BCUT2D eigenvalue weighted by atomic mass is 10.1. The van der Waals surface area contributed by atoms with Gasteiger partial charge in [-0.15, -0.1) is 0 Å². The summed E-state index contributed by atoms with van der Waals surface area (Å²) < 4.78 is 0. The van der Waals surface area contributed by atoms with E-state index in [0.29, 0.717) is 12.5 Å². The van der Waals surface area contributed by atoms with Gasteiger partial charge in [0.1, 0.15) is 0 Å². The van der Waals surface area contributed by atoms with Crippen molar-refractivity contribution >= 4 is 5.84 Å². The number of amidine groups is 1. The number of nitrogens with two attached hydrogens (primary N) is 1. The third kappa shape index (κ3) is 2.18. The Labute approximate surface area is 90.4 Å². The third-order valence-electron chi connectivity index (χ3n) is 3.00. The first-order chi connectivity index (χ1) is 7.16. The summed E-state index contributed by atoms with van der Waals surface area (Å²) in [4.78, 5) is 2.37. The van der Waals surface area contributed by atoms with Crippen molar-refractivity contribution in [2.45, 2.75) is 32.5 Å². The van der Waals surface area contributed by atoms with E-state index in [-0.39, 0.29) is 5.84 Å². The van der Waals surface area contributed by atoms with Crippen LogP contribution >= 0.6 is 0 Å². The largest absolute Gasteiger partial charge is 0.388 e. The fourth-order valence-electron chi connectivity index (χ4n) is 2.12. The van der Waals surface area contributed by atoms with Crippen LogP contribution in [0.2, 0.25) is 0 Å². The quantitative estimate of drug-likeness (QED) is 0.580. The first-order valence-electron chi connectivity index (χ1n) is 5.30. The van der Waals surface area contributed by atoms with Gasteiger partial charge in [0.2, 0.25) is 0 Å². The lowest BCUT2D eigenvalue weighted by Gasteiger charge is -2.23. The monoisotopic (exact) mass is 203 g/mol. The third-order valence-corrected chi connectivity index (χ3v) is 3.00. The van der Waals surface area contributed by atoms with Gasteiger partial charge in [-0.2, -0.15) is 0 Å². The summed E-state index contributed by atoms with van der Waals surface area (Å²) in [6.07, 6.45) is 0.661. The zero-order chi connectivity index (χ0) is 10.8. The van der Waals surface area contributed by atoms with Gasteiger partial charge in [0.25, 0.3) is 0 Å². The minimum absolute atomic E-state index is 0.276. The number of nitrogens with zero attached hydrogens (tertiary/aromatic N) is 1. The summed E-state index contributed by atoms with van der Waals surface area (Å²) >= 11 is 0. The topological polar surface area (TPSA) is 53.1 Å². The molecule has 1 aromatic carbocycles. The van der Waals surface area contributed by atoms with Crippen molar-refractivity contribution in [3.63, 3.8) is 0 Å². The van der Waals surface area contributed by atoms with Gasteiger partial charge in [-0.25, -0.2) is 0 Å². The van der Waals surface area contributed by atoms with E-state index in [1.165, 1.54) is 11.1 Å². The van der Waals surface area contributed by atoms with Gasteiger partial charge in [-0.05, 0) is 18.1 Å². The van der Waals surface area contributed by atoms with Crippen LogP contribution in [0.1, 0.15) is 24.5 Å². The number of fused-ring (bicyclic) bond motifs is 1. The van der Waals surface area contributed by atoms with Crippen molar-refractivity contribution < 1.29 is 0 Å². The van der Waals surface area contributed by atoms with E-state index in [9.17, 15) is 0 Å². The summed E-state index contributed by atoms with van der Waals surface area (Å²) in [7, 11) is 0. The van der Waals surface area contributed by atoms with E-state index < -0.39 is 0 Å². The van der Waals surface area contributed by atoms with Crippen molar-refractivity contribution in [1.29, 1.82) is 5.41 Å². The molecule has 0 radical (unpaired) electrons. The molecule has 1 atom stereocenters. The highest BCUT2D eigenvalue weighted by Crippen LogP contribution is 2.24. The van der Waals surface area contributed by atoms with Crippen molar-refractivity contribution in [3.8, 4) is 0 Å². The Balaban J connectivity index is 2.03. The molecule has 1 aliphatic heterocycles. The van der Waals surface area contributed by atoms with Crippen molar-refractivity contribution in [3.05, 3.63) is 35.4 Å². The van der Waals surface area contributed by atoms with E-state index in [4.69, 9.17) is 11.1 Å². The molecule has 1 unspecified atom stereocenters. The maximum Gasteiger partial charge on any atom is 0.0920 e. The fraction of sp³-hybridized carbons (Fsp3) is 0.417. The van der Waals surface area contributed by atoms with Gasteiger partial charge in [0.05, 0.1) is 5.84 Å². The molecule has 1 heterocycles. The van der Waals surface area contributed by atoms with Crippen molar-refractivity contribution in [2.24, 2.45) is 5.73 Å². The predicted octanol–water partition coefficient (Wildman–Crippen LogP) is 1.72. The van der Waals surface area contributed by atoms with E-state index in [0.717, 1.165) is 13.1 Å². The fourth-order valence-corrected chi connectivity index (χ4v) is 2.12. The Morgan fingerprint density at radius 1 is 1.40 bits per heavy atom. The first kappa shape index (κ1) is 10.2. The number of benzene rings is 1. The molecular formula is C12H17N3. The highest BCUT2D eigenvalue weighted by atomic mass is 15.2. The summed E-state index contributed by atoms with van der Waals surface area (Å²) in [6.45, 7) is 4.11. The molecule has 15 heavy (non-hydrogen) atoms. The molecule has 0 spiro atoms.